The highest BCUT2D eigenvalue weighted by Crippen LogP contribution is 2.27. The zero-order chi connectivity index (χ0) is 27.0. The molecule has 1 saturated carbocycles. The minimum Gasteiger partial charge on any atom is -0.364 e. The van der Waals surface area contributed by atoms with Crippen molar-refractivity contribution in [3.63, 3.8) is 0 Å². The summed E-state index contributed by atoms with van der Waals surface area (Å²) in [4.78, 5) is 15.8. The molecule has 4 heterocycles. The van der Waals surface area contributed by atoms with Crippen LogP contribution >= 0.6 is 0 Å². The molecular formula is C30H57N7O2. The summed E-state index contributed by atoms with van der Waals surface area (Å²) in [5.41, 5.74) is 0. The van der Waals surface area contributed by atoms with E-state index in [0.717, 1.165) is 96.3 Å². The number of hydrogen-bond donors (Lipinski definition) is 6. The summed E-state index contributed by atoms with van der Waals surface area (Å²) in [5.74, 6) is 2.22. The molecule has 5 aliphatic rings. The van der Waals surface area contributed by atoms with Crippen LogP contribution in [0, 0.1) is 17.8 Å². The highest BCUT2D eigenvalue weighted by atomic mass is 16.5. The van der Waals surface area contributed by atoms with Gasteiger partial charge in [0.15, 0.2) is 0 Å². The van der Waals surface area contributed by atoms with E-state index in [2.05, 4.69) is 50.6 Å². The fraction of sp³-hybridized carbons (Fsp3) is 0.967. The molecule has 0 bridgehead atoms. The van der Waals surface area contributed by atoms with Gasteiger partial charge in [-0.2, -0.15) is 0 Å². The van der Waals surface area contributed by atoms with E-state index in [4.69, 9.17) is 4.74 Å². The number of ether oxygens (including phenoxy) is 1. The third-order valence-corrected chi connectivity index (χ3v) is 10.3. The normalized spacial score (nSPS) is 38.6. The first kappa shape index (κ1) is 29.7. The number of nitrogens with zero attached hydrogens (tertiary/aromatic N) is 1. The van der Waals surface area contributed by atoms with Gasteiger partial charge < -0.3 is 25.6 Å². The Kier molecular flexibility index (Phi) is 11.3. The van der Waals surface area contributed by atoms with Crippen molar-refractivity contribution >= 4 is 5.91 Å². The van der Waals surface area contributed by atoms with E-state index in [-0.39, 0.29) is 30.4 Å². The van der Waals surface area contributed by atoms with Crippen LogP contribution in [0.1, 0.15) is 78.1 Å². The first-order chi connectivity index (χ1) is 19.1. The minimum atomic E-state index is -0.287. The van der Waals surface area contributed by atoms with Crippen molar-refractivity contribution < 1.29 is 9.53 Å². The van der Waals surface area contributed by atoms with E-state index in [0.29, 0.717) is 18.0 Å². The molecule has 9 heteroatoms. The molecular weight excluding hydrogens is 490 g/mol. The van der Waals surface area contributed by atoms with Gasteiger partial charge in [0.1, 0.15) is 12.4 Å². The van der Waals surface area contributed by atoms with Gasteiger partial charge in [-0.25, -0.2) is 0 Å². The average molecular weight is 548 g/mol. The predicted octanol–water partition coefficient (Wildman–Crippen LogP) is 1.35. The van der Waals surface area contributed by atoms with Crippen molar-refractivity contribution in [1.82, 2.24) is 36.8 Å². The number of hydrogen-bond acceptors (Lipinski definition) is 8. The topological polar surface area (TPSA) is 102 Å². The van der Waals surface area contributed by atoms with Crippen molar-refractivity contribution in [3.8, 4) is 0 Å². The second-order valence-corrected chi connectivity index (χ2v) is 13.2. The SMILES string of the molecule is CCN(CC1CCNCC1)CC1CCC(C(=O)NC2CCC(C)C(NC3NCCC(C4CCCNC4)N3)C2)O1. The van der Waals surface area contributed by atoms with E-state index in [1.54, 1.807) is 0 Å². The van der Waals surface area contributed by atoms with Crippen LogP contribution in [-0.2, 0) is 9.53 Å². The molecule has 0 radical (unpaired) electrons. The molecule has 0 aromatic heterocycles. The van der Waals surface area contributed by atoms with Gasteiger partial charge in [-0.3, -0.25) is 20.7 Å². The lowest BCUT2D eigenvalue weighted by Gasteiger charge is -2.42. The maximum atomic E-state index is 13.2. The van der Waals surface area contributed by atoms with Crippen LogP contribution in [0.5, 0.6) is 0 Å². The second-order valence-electron chi connectivity index (χ2n) is 13.2. The Hall–Kier alpha value is -0.810. The van der Waals surface area contributed by atoms with E-state index >= 15 is 0 Å². The molecule has 1 aliphatic carbocycles. The summed E-state index contributed by atoms with van der Waals surface area (Å²) >= 11 is 0. The van der Waals surface area contributed by atoms with Gasteiger partial charge in [0, 0.05) is 31.2 Å². The number of likely N-dealkylation sites (N-methyl/N-ethyl adjacent to an activating group) is 1. The zero-order valence-corrected chi connectivity index (χ0v) is 24.7. The Morgan fingerprint density at radius 1 is 0.949 bits per heavy atom. The summed E-state index contributed by atoms with van der Waals surface area (Å²) in [5, 5.41) is 21.8. The van der Waals surface area contributed by atoms with E-state index in [1.807, 2.05) is 0 Å². The molecule has 6 N–H and O–H groups in total. The van der Waals surface area contributed by atoms with Crippen LogP contribution in [0.4, 0.5) is 0 Å². The number of carbonyl (C=O) groups is 1. The Balaban J connectivity index is 1.04. The van der Waals surface area contributed by atoms with Crippen LogP contribution in [0.25, 0.3) is 0 Å². The molecule has 1 amide bonds. The third kappa shape index (κ3) is 8.60. The molecule has 224 valence electrons. The summed E-state index contributed by atoms with van der Waals surface area (Å²) in [6.45, 7) is 13.4. The van der Waals surface area contributed by atoms with Gasteiger partial charge in [-0.1, -0.05) is 13.8 Å². The van der Waals surface area contributed by atoms with E-state index in [1.165, 1.54) is 32.1 Å². The number of piperidine rings is 2. The number of carbonyl (C=O) groups excluding carboxylic acids is 1. The molecule has 9 nitrogen and oxygen atoms in total. The van der Waals surface area contributed by atoms with Crippen LogP contribution in [0.3, 0.4) is 0 Å². The van der Waals surface area contributed by atoms with Gasteiger partial charge in [0.05, 0.1) is 6.10 Å². The molecule has 8 unspecified atom stereocenters. The number of nitrogens with one attached hydrogen (secondary N) is 6. The van der Waals surface area contributed by atoms with Gasteiger partial charge in [-0.05, 0) is 121 Å². The molecule has 0 spiro atoms. The van der Waals surface area contributed by atoms with Gasteiger partial charge in [0.2, 0.25) is 5.91 Å². The first-order valence-corrected chi connectivity index (χ1v) is 16.4. The number of amides is 1. The minimum absolute atomic E-state index is 0.107. The first-order valence-electron chi connectivity index (χ1n) is 16.4. The average Bonchev–Trinajstić information content (AvgIpc) is 3.44. The summed E-state index contributed by atoms with van der Waals surface area (Å²) in [6.07, 6.45) is 11.4. The molecule has 5 rings (SSSR count). The standard InChI is InChI=1S/C30H57N7O2/c1-3-37(19-22-10-14-31-15-11-22)20-25-8-9-28(39-25)29(38)34-24-7-6-21(2)27(17-24)36-30-33-16-12-26(35-30)23-5-4-13-32-18-23/h21-28,30-33,35-36H,3-20H2,1-2H3,(H,34,38). The molecule has 4 saturated heterocycles. The molecule has 39 heavy (non-hydrogen) atoms. The summed E-state index contributed by atoms with van der Waals surface area (Å²) in [7, 11) is 0. The Morgan fingerprint density at radius 2 is 1.82 bits per heavy atom. The van der Waals surface area contributed by atoms with E-state index in [9.17, 15) is 4.79 Å². The Morgan fingerprint density at radius 3 is 2.62 bits per heavy atom. The van der Waals surface area contributed by atoms with Gasteiger partial charge in [0.25, 0.3) is 0 Å². The summed E-state index contributed by atoms with van der Waals surface area (Å²) in [6, 6.07) is 1.19. The lowest BCUT2D eigenvalue weighted by atomic mass is 9.82. The smallest absolute Gasteiger partial charge is 0.249 e. The van der Waals surface area contributed by atoms with Crippen molar-refractivity contribution in [1.29, 1.82) is 0 Å². The van der Waals surface area contributed by atoms with Crippen molar-refractivity contribution in [2.45, 2.75) is 115 Å². The van der Waals surface area contributed by atoms with Crippen LogP contribution in [0.2, 0.25) is 0 Å². The van der Waals surface area contributed by atoms with Gasteiger partial charge in [-0.15, -0.1) is 0 Å². The highest BCUT2D eigenvalue weighted by molar-refractivity contribution is 5.81. The summed E-state index contributed by atoms with van der Waals surface area (Å²) < 4.78 is 6.32. The molecule has 8 atom stereocenters. The quantitative estimate of drug-likeness (QED) is 0.244. The number of rotatable bonds is 10. The second kappa shape index (κ2) is 14.9. The maximum absolute atomic E-state index is 13.2. The Bertz CT molecular complexity index is 745. The highest BCUT2D eigenvalue weighted by Gasteiger charge is 2.36. The van der Waals surface area contributed by atoms with E-state index < -0.39 is 0 Å². The largest absolute Gasteiger partial charge is 0.364 e. The molecule has 4 aliphatic heterocycles. The fourth-order valence-electron chi connectivity index (χ4n) is 7.72. The van der Waals surface area contributed by atoms with Gasteiger partial charge >= 0.3 is 0 Å². The van der Waals surface area contributed by atoms with Crippen LogP contribution in [0.15, 0.2) is 0 Å². The molecule has 5 fully saturated rings. The lowest BCUT2D eigenvalue weighted by molar-refractivity contribution is -0.133. The Labute approximate surface area is 237 Å². The molecule has 0 aromatic rings. The predicted molar refractivity (Wildman–Crippen MR) is 156 cm³/mol. The third-order valence-electron chi connectivity index (χ3n) is 10.3. The van der Waals surface area contributed by atoms with Crippen molar-refractivity contribution in [2.24, 2.45) is 17.8 Å². The lowest BCUT2D eigenvalue weighted by Crippen LogP contribution is -2.66. The fourth-order valence-corrected chi connectivity index (χ4v) is 7.72. The van der Waals surface area contributed by atoms with Crippen molar-refractivity contribution in [3.05, 3.63) is 0 Å². The monoisotopic (exact) mass is 547 g/mol. The maximum Gasteiger partial charge on any atom is 0.249 e. The van der Waals surface area contributed by atoms with Crippen LogP contribution in [-0.4, -0.2) is 99.8 Å². The van der Waals surface area contributed by atoms with Crippen molar-refractivity contribution in [2.75, 3.05) is 52.4 Å². The molecule has 0 aromatic carbocycles. The van der Waals surface area contributed by atoms with Crippen LogP contribution < -0.4 is 31.9 Å². The zero-order valence-electron chi connectivity index (χ0n) is 24.7.